The highest BCUT2D eigenvalue weighted by Crippen LogP contribution is 2.32. The van der Waals surface area contributed by atoms with Gasteiger partial charge < -0.3 is 5.32 Å². The summed E-state index contributed by atoms with van der Waals surface area (Å²) in [5.74, 6) is -0.521. The third-order valence-corrected chi connectivity index (χ3v) is 5.32. The largest absolute Gasteiger partial charge is 0.325 e. The Morgan fingerprint density at radius 2 is 1.93 bits per heavy atom. The number of nitrogens with zero attached hydrogens (tertiary/aromatic N) is 3. The fraction of sp³-hybridized carbons (Fsp3) is 0.150. The molecule has 4 rings (SSSR count). The van der Waals surface area contributed by atoms with Crippen LogP contribution in [0.5, 0.6) is 0 Å². The number of fused-ring (bicyclic) bond motifs is 1. The molecule has 9 heteroatoms. The van der Waals surface area contributed by atoms with Gasteiger partial charge in [-0.25, -0.2) is 9.78 Å². The van der Waals surface area contributed by atoms with Gasteiger partial charge in [-0.05, 0) is 24.6 Å². The fourth-order valence-electron chi connectivity index (χ4n) is 3.38. The quantitative estimate of drug-likeness (QED) is 0.305. The van der Waals surface area contributed by atoms with E-state index in [0.29, 0.717) is 16.6 Å². The first kappa shape index (κ1) is 18.8. The van der Waals surface area contributed by atoms with Crippen molar-refractivity contribution < 1.29 is 14.5 Å². The summed E-state index contributed by atoms with van der Waals surface area (Å²) in [4.78, 5) is 41.5. The van der Waals surface area contributed by atoms with Crippen LogP contribution in [0.4, 0.5) is 10.5 Å². The van der Waals surface area contributed by atoms with Crippen molar-refractivity contribution in [1.29, 1.82) is 0 Å². The van der Waals surface area contributed by atoms with Crippen molar-refractivity contribution in [3.63, 3.8) is 0 Å². The number of para-hydroxylation sites is 1. The minimum Gasteiger partial charge on any atom is -0.319 e. The van der Waals surface area contributed by atoms with Gasteiger partial charge in [0.25, 0.3) is 11.6 Å². The number of imide groups is 1. The Bertz CT molecular complexity index is 1180. The van der Waals surface area contributed by atoms with Gasteiger partial charge in [0.05, 0.1) is 17.0 Å². The van der Waals surface area contributed by atoms with E-state index < -0.39 is 22.4 Å². The van der Waals surface area contributed by atoms with Crippen LogP contribution in [0, 0.1) is 10.1 Å². The molecule has 1 aromatic heterocycles. The van der Waals surface area contributed by atoms with Crippen molar-refractivity contribution in [2.45, 2.75) is 19.0 Å². The smallest absolute Gasteiger partial charge is 0.319 e. The molecule has 0 spiro atoms. The van der Waals surface area contributed by atoms with Crippen LogP contribution in [0.2, 0.25) is 5.15 Å². The first-order valence-corrected chi connectivity index (χ1v) is 9.10. The molecule has 0 radical (unpaired) electrons. The average molecular weight is 411 g/mol. The molecule has 1 aliphatic rings. The number of hydrogen-bond donors (Lipinski definition) is 1. The van der Waals surface area contributed by atoms with Crippen molar-refractivity contribution in [3.05, 3.63) is 81.0 Å². The maximum absolute atomic E-state index is 13.1. The number of non-ortho nitro benzene ring substituents is 1. The van der Waals surface area contributed by atoms with E-state index in [2.05, 4.69) is 10.3 Å². The van der Waals surface area contributed by atoms with E-state index in [0.717, 1.165) is 10.3 Å². The average Bonchev–Trinajstić information content (AvgIpc) is 2.92. The van der Waals surface area contributed by atoms with Crippen LogP contribution >= 0.6 is 11.6 Å². The van der Waals surface area contributed by atoms with E-state index in [9.17, 15) is 19.7 Å². The Labute approximate surface area is 170 Å². The second-order valence-corrected chi connectivity index (χ2v) is 7.24. The fourth-order valence-corrected chi connectivity index (χ4v) is 3.59. The van der Waals surface area contributed by atoms with Gasteiger partial charge in [0.15, 0.2) is 0 Å². The molecule has 1 unspecified atom stereocenters. The molecular weight excluding hydrogens is 396 g/mol. The molecule has 1 N–H and O–H groups in total. The standard InChI is InChI=1S/C20H15ClN4O4/c1-20(14-6-4-7-15(10-14)25(28)29)18(26)24(19(27)23-20)11-13-9-12-5-2-3-8-16(12)22-17(13)21/h2-10H,11H2,1H3,(H,23,27). The van der Waals surface area contributed by atoms with Crippen LogP contribution in [0.3, 0.4) is 0 Å². The van der Waals surface area contributed by atoms with Gasteiger partial charge in [-0.1, -0.05) is 41.9 Å². The Kier molecular flexibility index (Phi) is 4.43. The summed E-state index contributed by atoms with van der Waals surface area (Å²) in [5.41, 5.74) is -0.0156. The maximum Gasteiger partial charge on any atom is 0.325 e. The molecule has 1 fully saturated rings. The van der Waals surface area contributed by atoms with Gasteiger partial charge in [-0.15, -0.1) is 0 Å². The number of nitro groups is 1. The van der Waals surface area contributed by atoms with E-state index in [1.165, 1.54) is 25.1 Å². The van der Waals surface area contributed by atoms with Crippen LogP contribution < -0.4 is 5.32 Å². The number of urea groups is 1. The summed E-state index contributed by atoms with van der Waals surface area (Å²) in [6.45, 7) is 1.46. The topological polar surface area (TPSA) is 105 Å². The van der Waals surface area contributed by atoms with Crippen LogP contribution in [-0.4, -0.2) is 26.7 Å². The first-order valence-electron chi connectivity index (χ1n) is 8.73. The van der Waals surface area contributed by atoms with Gasteiger partial charge in [-0.3, -0.25) is 19.8 Å². The molecule has 3 amide bonds. The first-order chi connectivity index (χ1) is 13.8. The Hall–Kier alpha value is -3.52. The van der Waals surface area contributed by atoms with Gasteiger partial charge >= 0.3 is 6.03 Å². The van der Waals surface area contributed by atoms with E-state index in [1.54, 1.807) is 12.1 Å². The van der Waals surface area contributed by atoms with Crippen molar-refractivity contribution in [2.24, 2.45) is 0 Å². The number of nitro benzene ring substituents is 1. The van der Waals surface area contributed by atoms with Gasteiger partial charge in [-0.2, -0.15) is 0 Å². The molecule has 3 aromatic rings. The number of halogens is 1. The summed E-state index contributed by atoms with van der Waals surface area (Å²) in [6, 6.07) is 14.2. The number of carbonyl (C=O) groups excluding carboxylic acids is 2. The van der Waals surface area contributed by atoms with Crippen molar-refractivity contribution in [1.82, 2.24) is 15.2 Å². The SMILES string of the molecule is CC1(c2cccc([N+](=O)[O-])c2)NC(=O)N(Cc2cc3ccccc3nc2Cl)C1=O. The molecular formula is C20H15ClN4O4. The lowest BCUT2D eigenvalue weighted by Gasteiger charge is -2.22. The third-order valence-electron chi connectivity index (χ3n) is 4.99. The van der Waals surface area contributed by atoms with Crippen LogP contribution in [-0.2, 0) is 16.9 Å². The molecule has 29 heavy (non-hydrogen) atoms. The van der Waals surface area contributed by atoms with E-state index in [1.807, 2.05) is 24.3 Å². The molecule has 1 atom stereocenters. The summed E-state index contributed by atoms with van der Waals surface area (Å²) < 4.78 is 0. The molecule has 146 valence electrons. The Morgan fingerprint density at radius 3 is 2.69 bits per heavy atom. The monoisotopic (exact) mass is 410 g/mol. The van der Waals surface area contributed by atoms with Crippen LogP contribution in [0.25, 0.3) is 10.9 Å². The third kappa shape index (κ3) is 3.17. The number of hydrogen-bond acceptors (Lipinski definition) is 5. The lowest BCUT2D eigenvalue weighted by atomic mass is 9.91. The summed E-state index contributed by atoms with van der Waals surface area (Å²) in [7, 11) is 0. The Morgan fingerprint density at radius 1 is 1.17 bits per heavy atom. The predicted octanol–water partition coefficient (Wildman–Crippen LogP) is 3.76. The number of amides is 3. The molecule has 1 saturated heterocycles. The highest BCUT2D eigenvalue weighted by atomic mass is 35.5. The second-order valence-electron chi connectivity index (χ2n) is 6.88. The van der Waals surface area contributed by atoms with Crippen molar-refractivity contribution in [2.75, 3.05) is 0 Å². The lowest BCUT2D eigenvalue weighted by molar-refractivity contribution is -0.385. The van der Waals surface area contributed by atoms with Crippen molar-refractivity contribution in [3.8, 4) is 0 Å². The summed E-state index contributed by atoms with van der Waals surface area (Å²) >= 11 is 6.27. The molecule has 2 heterocycles. The number of benzene rings is 2. The highest BCUT2D eigenvalue weighted by Gasteiger charge is 2.49. The molecule has 8 nitrogen and oxygen atoms in total. The number of carbonyl (C=O) groups is 2. The van der Waals surface area contributed by atoms with Crippen LogP contribution in [0.15, 0.2) is 54.6 Å². The predicted molar refractivity (Wildman–Crippen MR) is 106 cm³/mol. The number of pyridine rings is 1. The number of aromatic nitrogens is 1. The summed E-state index contributed by atoms with van der Waals surface area (Å²) in [5, 5.41) is 14.7. The minimum absolute atomic E-state index is 0.0636. The second kappa shape index (κ2) is 6.82. The van der Waals surface area contributed by atoms with Crippen molar-refractivity contribution >= 4 is 40.1 Å². The molecule has 0 saturated carbocycles. The molecule has 0 bridgehead atoms. The number of rotatable bonds is 4. The zero-order chi connectivity index (χ0) is 20.8. The summed E-state index contributed by atoms with van der Waals surface area (Å²) in [6.07, 6.45) is 0. The van der Waals surface area contributed by atoms with Gasteiger partial charge in [0, 0.05) is 23.1 Å². The number of nitrogens with one attached hydrogen (secondary N) is 1. The highest BCUT2D eigenvalue weighted by molar-refractivity contribution is 6.30. The zero-order valence-electron chi connectivity index (χ0n) is 15.3. The van der Waals surface area contributed by atoms with Gasteiger partial charge in [0.2, 0.25) is 0 Å². The zero-order valence-corrected chi connectivity index (χ0v) is 16.0. The lowest BCUT2D eigenvalue weighted by Crippen LogP contribution is -2.40. The van der Waals surface area contributed by atoms with Gasteiger partial charge in [0.1, 0.15) is 10.7 Å². The molecule has 2 aromatic carbocycles. The normalized spacial score (nSPS) is 18.9. The van der Waals surface area contributed by atoms with Crippen LogP contribution in [0.1, 0.15) is 18.1 Å². The van der Waals surface area contributed by atoms with E-state index in [4.69, 9.17) is 11.6 Å². The van der Waals surface area contributed by atoms with E-state index in [-0.39, 0.29) is 17.4 Å². The Balaban J connectivity index is 1.68. The molecule has 0 aliphatic carbocycles. The minimum atomic E-state index is -1.42. The maximum atomic E-state index is 13.1. The molecule has 1 aliphatic heterocycles. The van der Waals surface area contributed by atoms with E-state index >= 15 is 0 Å².